The lowest BCUT2D eigenvalue weighted by Gasteiger charge is -2.08. The molecule has 2 heterocycles. The smallest absolute Gasteiger partial charge is 0.0999 e. The molecule has 0 spiro atoms. The number of H-pyrrole nitrogens is 1. The zero-order valence-electron chi connectivity index (χ0n) is 15.1. The van der Waals surface area contributed by atoms with E-state index in [0.717, 1.165) is 27.8 Å². The van der Waals surface area contributed by atoms with Crippen LogP contribution in [0.1, 0.15) is 0 Å². The Labute approximate surface area is 161 Å². The fraction of sp³-hybridized carbons (Fsp3) is 0. The number of hydrogen-bond acceptors (Lipinski definition) is 1. The molecule has 3 heteroatoms. The van der Waals surface area contributed by atoms with Crippen molar-refractivity contribution in [3.05, 3.63) is 97.1 Å². The molecule has 0 radical (unpaired) electrons. The van der Waals surface area contributed by atoms with Gasteiger partial charge in [0.2, 0.25) is 0 Å². The molecule has 28 heavy (non-hydrogen) atoms. The third kappa shape index (κ3) is 2.13. The normalized spacial score (nSPS) is 11.6. The first-order chi connectivity index (χ1) is 13.9. The molecule has 2 aromatic heterocycles. The SMILES string of the molecule is c1ccc2c(-c3ccc(-n4c5ccccc5c5ccccc54)cc3)n[nH]c2c1. The monoisotopic (exact) mass is 359 g/mol. The van der Waals surface area contributed by atoms with Crippen LogP contribution in [-0.4, -0.2) is 14.8 Å². The Morgan fingerprint density at radius 2 is 1.14 bits per heavy atom. The quantitative estimate of drug-likeness (QED) is 0.385. The zero-order valence-corrected chi connectivity index (χ0v) is 15.1. The van der Waals surface area contributed by atoms with E-state index in [0.29, 0.717) is 0 Å². The molecule has 0 atom stereocenters. The summed E-state index contributed by atoms with van der Waals surface area (Å²) < 4.78 is 2.33. The average Bonchev–Trinajstić information content (AvgIpc) is 3.33. The molecule has 0 aliphatic rings. The van der Waals surface area contributed by atoms with E-state index < -0.39 is 0 Å². The fourth-order valence-corrected chi connectivity index (χ4v) is 4.15. The maximum absolute atomic E-state index is 4.53. The Morgan fingerprint density at radius 3 is 1.82 bits per heavy atom. The first-order valence-electron chi connectivity index (χ1n) is 9.42. The molecule has 132 valence electrons. The summed E-state index contributed by atoms with van der Waals surface area (Å²) in [5.74, 6) is 0. The summed E-state index contributed by atoms with van der Waals surface area (Å²) in [6.07, 6.45) is 0. The summed E-state index contributed by atoms with van der Waals surface area (Å²) in [5, 5.41) is 11.3. The molecule has 0 saturated carbocycles. The number of aromatic amines is 1. The van der Waals surface area contributed by atoms with Crippen molar-refractivity contribution in [2.24, 2.45) is 0 Å². The number of benzene rings is 4. The van der Waals surface area contributed by atoms with Crippen LogP contribution in [0.3, 0.4) is 0 Å². The van der Waals surface area contributed by atoms with E-state index in [4.69, 9.17) is 0 Å². The Kier molecular flexibility index (Phi) is 3.17. The number of para-hydroxylation sites is 3. The Hall–Kier alpha value is -3.85. The van der Waals surface area contributed by atoms with E-state index in [1.54, 1.807) is 0 Å². The van der Waals surface area contributed by atoms with Gasteiger partial charge in [-0.05, 0) is 30.3 Å². The third-order valence-electron chi connectivity index (χ3n) is 5.45. The highest BCUT2D eigenvalue weighted by atomic mass is 15.1. The minimum Gasteiger partial charge on any atom is -0.309 e. The highest BCUT2D eigenvalue weighted by molar-refractivity contribution is 6.09. The van der Waals surface area contributed by atoms with Crippen molar-refractivity contribution in [3.8, 4) is 16.9 Å². The molecule has 0 aliphatic carbocycles. The summed E-state index contributed by atoms with van der Waals surface area (Å²) >= 11 is 0. The van der Waals surface area contributed by atoms with Gasteiger partial charge in [-0.2, -0.15) is 5.10 Å². The molecule has 3 nitrogen and oxygen atoms in total. The van der Waals surface area contributed by atoms with Gasteiger partial charge >= 0.3 is 0 Å². The molecule has 0 fully saturated rings. The van der Waals surface area contributed by atoms with Gasteiger partial charge in [0.15, 0.2) is 0 Å². The van der Waals surface area contributed by atoms with Crippen LogP contribution < -0.4 is 0 Å². The summed E-state index contributed by atoms with van der Waals surface area (Å²) in [4.78, 5) is 0. The van der Waals surface area contributed by atoms with E-state index >= 15 is 0 Å². The van der Waals surface area contributed by atoms with E-state index in [1.165, 1.54) is 21.8 Å². The Morgan fingerprint density at radius 1 is 0.571 bits per heavy atom. The number of rotatable bonds is 2. The molecule has 0 saturated heterocycles. The summed E-state index contributed by atoms with van der Waals surface area (Å²) in [7, 11) is 0. The van der Waals surface area contributed by atoms with Crippen molar-refractivity contribution in [2.75, 3.05) is 0 Å². The van der Waals surface area contributed by atoms with Crippen LogP contribution in [0.4, 0.5) is 0 Å². The van der Waals surface area contributed by atoms with Gasteiger partial charge in [-0.15, -0.1) is 0 Å². The van der Waals surface area contributed by atoms with Crippen molar-refractivity contribution in [2.45, 2.75) is 0 Å². The standard InChI is InChI=1S/C25H17N3/c1-4-10-22-21(9-1)25(27-26-22)17-13-15-18(16-14-17)28-23-11-5-2-7-19(23)20-8-3-6-12-24(20)28/h1-16H,(H,26,27). The van der Waals surface area contributed by atoms with Gasteiger partial charge < -0.3 is 4.57 Å². The van der Waals surface area contributed by atoms with E-state index in [1.807, 2.05) is 12.1 Å². The lowest BCUT2D eigenvalue weighted by molar-refractivity contribution is 1.12. The molecular formula is C25H17N3. The second kappa shape index (κ2) is 5.83. The maximum Gasteiger partial charge on any atom is 0.0999 e. The van der Waals surface area contributed by atoms with Crippen LogP contribution in [0.5, 0.6) is 0 Å². The van der Waals surface area contributed by atoms with Crippen LogP contribution in [0.15, 0.2) is 97.1 Å². The lowest BCUT2D eigenvalue weighted by Crippen LogP contribution is -1.93. The molecule has 6 rings (SSSR count). The lowest BCUT2D eigenvalue weighted by atomic mass is 10.1. The molecule has 1 N–H and O–H groups in total. The van der Waals surface area contributed by atoms with Crippen molar-refractivity contribution in [1.82, 2.24) is 14.8 Å². The predicted molar refractivity (Wildman–Crippen MR) is 116 cm³/mol. The molecule has 0 aliphatic heterocycles. The minimum absolute atomic E-state index is 0.990. The topological polar surface area (TPSA) is 33.6 Å². The second-order valence-corrected chi connectivity index (χ2v) is 7.03. The minimum atomic E-state index is 0.990. The average molecular weight is 359 g/mol. The summed E-state index contributed by atoms with van der Waals surface area (Å²) in [6, 6.07) is 34.1. The Balaban J connectivity index is 1.55. The number of fused-ring (bicyclic) bond motifs is 4. The van der Waals surface area contributed by atoms with Crippen molar-refractivity contribution in [3.63, 3.8) is 0 Å². The highest BCUT2D eigenvalue weighted by Crippen LogP contribution is 2.33. The number of aromatic nitrogens is 3. The molecule has 6 aromatic rings. The molecule has 0 unspecified atom stereocenters. The van der Waals surface area contributed by atoms with E-state index in [-0.39, 0.29) is 0 Å². The van der Waals surface area contributed by atoms with Gasteiger partial charge in [-0.1, -0.05) is 66.7 Å². The zero-order chi connectivity index (χ0) is 18.5. The van der Waals surface area contributed by atoms with Crippen molar-refractivity contribution in [1.29, 1.82) is 0 Å². The summed E-state index contributed by atoms with van der Waals surface area (Å²) in [6.45, 7) is 0. The van der Waals surface area contributed by atoms with Crippen molar-refractivity contribution < 1.29 is 0 Å². The van der Waals surface area contributed by atoms with Gasteiger partial charge in [-0.25, -0.2) is 0 Å². The number of hydrogen-bond donors (Lipinski definition) is 1. The first kappa shape index (κ1) is 15.2. The molecule has 0 amide bonds. The molecule has 0 bridgehead atoms. The van der Waals surface area contributed by atoms with Gasteiger partial charge in [-0.3, -0.25) is 5.10 Å². The fourth-order valence-electron chi connectivity index (χ4n) is 4.15. The predicted octanol–water partition coefficient (Wildman–Crippen LogP) is 6.33. The van der Waals surface area contributed by atoms with Gasteiger partial charge in [0, 0.05) is 27.4 Å². The van der Waals surface area contributed by atoms with Crippen LogP contribution in [0.25, 0.3) is 49.7 Å². The molecule has 4 aromatic carbocycles. The Bertz CT molecular complexity index is 1400. The van der Waals surface area contributed by atoms with Crippen LogP contribution in [-0.2, 0) is 0 Å². The van der Waals surface area contributed by atoms with Gasteiger partial charge in [0.05, 0.1) is 22.2 Å². The second-order valence-electron chi connectivity index (χ2n) is 7.03. The van der Waals surface area contributed by atoms with Crippen LogP contribution in [0.2, 0.25) is 0 Å². The number of nitrogens with zero attached hydrogens (tertiary/aromatic N) is 2. The highest BCUT2D eigenvalue weighted by Gasteiger charge is 2.12. The summed E-state index contributed by atoms with van der Waals surface area (Å²) in [5.41, 5.74) is 6.76. The van der Waals surface area contributed by atoms with Crippen LogP contribution in [0, 0.1) is 0 Å². The maximum atomic E-state index is 4.53. The van der Waals surface area contributed by atoms with Gasteiger partial charge in [0.1, 0.15) is 0 Å². The largest absolute Gasteiger partial charge is 0.309 e. The van der Waals surface area contributed by atoms with E-state index in [9.17, 15) is 0 Å². The van der Waals surface area contributed by atoms with Crippen molar-refractivity contribution >= 4 is 32.7 Å². The van der Waals surface area contributed by atoms with E-state index in [2.05, 4.69) is 99.7 Å². The first-order valence-corrected chi connectivity index (χ1v) is 9.42. The molecular weight excluding hydrogens is 342 g/mol. The van der Waals surface area contributed by atoms with Crippen LogP contribution >= 0.6 is 0 Å². The number of nitrogens with one attached hydrogen (secondary N) is 1. The third-order valence-corrected chi connectivity index (χ3v) is 5.45. The van der Waals surface area contributed by atoms with Gasteiger partial charge in [0.25, 0.3) is 0 Å².